The van der Waals surface area contributed by atoms with Crippen molar-refractivity contribution in [3.63, 3.8) is 0 Å². The Balaban J connectivity index is -0.0000000817. The van der Waals surface area contributed by atoms with Crippen LogP contribution in [0.1, 0.15) is 7.43 Å². The average molecular weight is 422 g/mol. The van der Waals surface area contributed by atoms with Crippen LogP contribution in [0.3, 0.4) is 0 Å². The molecule has 0 spiro atoms. The molecule has 11 heavy (non-hydrogen) atoms. The molecule has 0 nitrogen and oxygen atoms in total. The van der Waals surface area contributed by atoms with Crippen LogP contribution in [0.15, 0.2) is 0 Å². The summed E-state index contributed by atoms with van der Waals surface area (Å²) in [6, 6.07) is 0. The van der Waals surface area contributed by atoms with Crippen molar-refractivity contribution < 1.29 is 103 Å². The molecule has 2 radical (unpaired) electrons. The van der Waals surface area contributed by atoms with Crippen molar-refractivity contribution in [1.82, 2.24) is 0 Å². The molecule has 0 bridgehead atoms. The molecule has 0 amide bonds. The summed E-state index contributed by atoms with van der Waals surface area (Å²) < 4.78 is 0. The fourth-order valence-corrected chi connectivity index (χ4v) is 18.3. The van der Waals surface area contributed by atoms with Crippen molar-refractivity contribution in [3.8, 4) is 0 Å². The normalized spacial score (nSPS) is 15.2. The van der Waals surface area contributed by atoms with Gasteiger partial charge in [0.25, 0.3) is 0 Å². The molecule has 0 heterocycles. The maximum atomic E-state index is 5.43. The Morgan fingerprint density at radius 2 is 1.73 bits per heavy atom. The molecule has 54 valence electrons. The van der Waals surface area contributed by atoms with E-state index in [0.29, 0.717) is 0 Å². The molecule has 0 aliphatic rings. The SMILES string of the molecule is C.[B][P-]P(P)P(I)[P-]P.[K+].[K+]. The number of hydrogen-bond acceptors (Lipinski definition) is 0. The summed E-state index contributed by atoms with van der Waals surface area (Å²) in [6.45, 7) is 0.0453. The van der Waals surface area contributed by atoms with Crippen molar-refractivity contribution in [2.45, 2.75) is 7.43 Å². The van der Waals surface area contributed by atoms with Gasteiger partial charge in [0.1, 0.15) is 0 Å². The molecular weight excluding hydrogens is 414 g/mol. The Hall–Kier alpha value is 6.65. The molecule has 0 rings (SSSR count). The van der Waals surface area contributed by atoms with E-state index in [9.17, 15) is 0 Å². The molecule has 0 aliphatic heterocycles. The maximum Gasteiger partial charge on any atom is 1.00 e. The van der Waals surface area contributed by atoms with Gasteiger partial charge < -0.3 is 16.1 Å². The number of hydrogen-bond donors (Lipinski definition) is 0. The van der Waals surface area contributed by atoms with Gasteiger partial charge in [0, 0.05) is 0 Å². The van der Waals surface area contributed by atoms with E-state index in [-0.39, 0.29) is 122 Å². The fourth-order valence-electron chi connectivity index (χ4n) is 0.0955. The number of halogens is 1. The summed E-state index contributed by atoms with van der Waals surface area (Å²) in [6.07, 6.45) is 0. The zero-order valence-electron chi connectivity index (χ0n) is 5.90. The van der Waals surface area contributed by atoms with Gasteiger partial charge in [-0.25, -0.2) is 0 Å². The van der Waals surface area contributed by atoms with Crippen LogP contribution < -0.4 is 103 Å². The first-order chi connectivity index (χ1) is 3.72. The van der Waals surface area contributed by atoms with Crippen molar-refractivity contribution >= 4 is 75.5 Å². The molecule has 0 aromatic heterocycles. The topological polar surface area (TPSA) is 0 Å². The summed E-state index contributed by atoms with van der Waals surface area (Å²) in [5, 5.41) is 0. The van der Waals surface area contributed by atoms with E-state index in [0.717, 1.165) is 8.15 Å². The summed E-state index contributed by atoms with van der Waals surface area (Å²) in [7, 11) is 13.5. The maximum absolute atomic E-state index is 5.43. The van der Waals surface area contributed by atoms with E-state index in [1.165, 1.54) is 7.96 Å². The third-order valence-electron chi connectivity index (χ3n) is 0.383. The van der Waals surface area contributed by atoms with Gasteiger partial charge in [0.15, 0.2) is 0 Å². The average Bonchev–Trinajstić information content (AvgIpc) is 1.84. The van der Waals surface area contributed by atoms with E-state index in [2.05, 4.69) is 39.9 Å². The third kappa shape index (κ3) is 16.6. The Bertz CT molecular complexity index is 60.5. The van der Waals surface area contributed by atoms with Crippen molar-refractivity contribution in [2.75, 3.05) is 0 Å². The van der Waals surface area contributed by atoms with Gasteiger partial charge in [0.2, 0.25) is 0 Å². The van der Waals surface area contributed by atoms with E-state index < -0.39 is 0 Å². The molecule has 4 unspecified atom stereocenters. The van der Waals surface area contributed by atoms with E-state index in [1.807, 2.05) is 0 Å². The van der Waals surface area contributed by atoms with Crippen molar-refractivity contribution in [2.24, 2.45) is 0 Å². The Morgan fingerprint density at radius 1 is 1.36 bits per heavy atom. The fraction of sp³-hybridized carbons (Fsp3) is 1.00. The standard InChI is InChI=1S/CH4.BH4IP6.2K/c;1-5-8(4)7(2)6-3;;/h1H4;3-4H2;;/q;-2;2*+1. The minimum absolute atomic E-state index is 0. The molecule has 0 aliphatic carbocycles. The second-order valence-electron chi connectivity index (χ2n) is 0.792. The first-order valence-corrected chi connectivity index (χ1v) is 14.2. The molecule has 0 aromatic rings. The van der Waals surface area contributed by atoms with Crippen molar-refractivity contribution in [3.05, 3.63) is 0 Å². The summed E-state index contributed by atoms with van der Waals surface area (Å²) in [5.41, 5.74) is 0. The van der Waals surface area contributed by atoms with Gasteiger partial charge in [-0.3, -0.25) is 15.9 Å². The molecule has 0 N–H and O–H groups in total. The van der Waals surface area contributed by atoms with Gasteiger partial charge in [0.05, 0.1) is 0 Å². The molecule has 0 aromatic carbocycles. The predicted molar refractivity (Wildman–Crippen MR) is 73.6 cm³/mol. The van der Waals surface area contributed by atoms with Crippen LogP contribution >= 0.6 is 67.9 Å². The molecule has 4 atom stereocenters. The van der Waals surface area contributed by atoms with E-state index >= 15 is 0 Å². The van der Waals surface area contributed by atoms with Crippen LogP contribution in [0, 0.1) is 0 Å². The van der Waals surface area contributed by atoms with Crippen molar-refractivity contribution in [1.29, 1.82) is 0 Å². The molecular formula is CH8BIK2P6. The van der Waals surface area contributed by atoms with Gasteiger partial charge in [-0.1, -0.05) is 29.5 Å². The van der Waals surface area contributed by atoms with Gasteiger partial charge in [-0.05, 0) is 0 Å². The smallest absolute Gasteiger partial charge is 0.548 e. The van der Waals surface area contributed by atoms with Crippen LogP contribution in [0.5, 0.6) is 0 Å². The van der Waals surface area contributed by atoms with Crippen LogP contribution in [0.2, 0.25) is 0 Å². The molecule has 0 saturated heterocycles. The summed E-state index contributed by atoms with van der Waals surface area (Å²) >= 11 is 2.48. The molecule has 10 heteroatoms. The van der Waals surface area contributed by atoms with E-state index in [1.54, 1.807) is 0 Å². The Morgan fingerprint density at radius 3 is 1.82 bits per heavy atom. The largest absolute Gasteiger partial charge is 1.00 e. The second kappa shape index (κ2) is 19.0. The zero-order valence-corrected chi connectivity index (χ0v) is 20.2. The Labute approximate surface area is 180 Å². The van der Waals surface area contributed by atoms with Gasteiger partial charge in [-0.15, -0.1) is 8.93 Å². The van der Waals surface area contributed by atoms with Crippen LogP contribution in [0.25, 0.3) is 0 Å². The monoisotopic (exact) mass is 422 g/mol. The predicted octanol–water partition coefficient (Wildman–Crippen LogP) is -0.755. The van der Waals surface area contributed by atoms with Crippen LogP contribution in [0.4, 0.5) is 0 Å². The minimum Gasteiger partial charge on any atom is -0.548 e. The molecule has 0 saturated carbocycles. The van der Waals surface area contributed by atoms with Gasteiger partial charge >= 0.3 is 103 Å². The molecule has 0 fully saturated rings. The quantitative estimate of drug-likeness (QED) is 0.319. The zero-order chi connectivity index (χ0) is 6.57. The van der Waals surface area contributed by atoms with Gasteiger partial charge in [-0.2, -0.15) is 12.5 Å². The number of rotatable bonds is 3. The van der Waals surface area contributed by atoms with E-state index in [4.69, 9.17) is 7.57 Å². The first-order valence-electron chi connectivity index (χ1n) is 1.54. The minimum atomic E-state index is 0. The third-order valence-corrected chi connectivity index (χ3v) is 36.7. The second-order valence-corrected chi connectivity index (χ2v) is 24.3. The first kappa shape index (κ1) is 26.3. The Kier molecular flexibility index (Phi) is 45.4. The summed E-state index contributed by atoms with van der Waals surface area (Å²) in [5.74, 6) is 0. The summed E-state index contributed by atoms with van der Waals surface area (Å²) in [4.78, 5) is 0.156. The van der Waals surface area contributed by atoms with Crippen LogP contribution in [-0.2, 0) is 0 Å². The van der Waals surface area contributed by atoms with Crippen LogP contribution in [-0.4, -0.2) is 7.57 Å².